The molecule has 0 fully saturated rings. The third-order valence-electron chi connectivity index (χ3n) is 2.90. The van der Waals surface area contributed by atoms with Gasteiger partial charge < -0.3 is 14.0 Å². The van der Waals surface area contributed by atoms with Crippen molar-refractivity contribution in [1.82, 2.24) is 9.55 Å². The van der Waals surface area contributed by atoms with Crippen LogP contribution in [-0.4, -0.2) is 31.2 Å². The molecule has 9 heteroatoms. The van der Waals surface area contributed by atoms with Crippen molar-refractivity contribution in [1.29, 1.82) is 0 Å². The minimum absolute atomic E-state index is 0.0245. The van der Waals surface area contributed by atoms with E-state index in [2.05, 4.69) is 9.71 Å². The van der Waals surface area contributed by atoms with Gasteiger partial charge in [-0.15, -0.1) is 0 Å². The van der Waals surface area contributed by atoms with Crippen molar-refractivity contribution in [2.24, 2.45) is 7.05 Å². The van der Waals surface area contributed by atoms with E-state index in [1.54, 1.807) is 25.2 Å². The monoisotopic (exact) mass is 359 g/mol. The summed E-state index contributed by atoms with van der Waals surface area (Å²) < 4.78 is 39.7. The van der Waals surface area contributed by atoms with Gasteiger partial charge in [-0.25, -0.2) is 4.98 Å². The molecule has 1 aromatic heterocycles. The molecule has 7 nitrogen and oxygen atoms in total. The van der Waals surface area contributed by atoms with Gasteiger partial charge in [0.05, 0.1) is 25.2 Å². The first-order valence-electron chi connectivity index (χ1n) is 6.98. The Morgan fingerprint density at radius 2 is 1.96 bits per heavy atom. The lowest BCUT2D eigenvalue weighted by Crippen LogP contribution is -2.15. The summed E-state index contributed by atoms with van der Waals surface area (Å²) in [4.78, 5) is 3.83. The molecule has 2 rings (SSSR count). The molecule has 0 aliphatic rings. The van der Waals surface area contributed by atoms with Gasteiger partial charge in [-0.3, -0.25) is 4.72 Å². The molecule has 2 aromatic rings. The minimum atomic E-state index is -3.95. The average Bonchev–Trinajstić information content (AvgIpc) is 2.82. The van der Waals surface area contributed by atoms with Gasteiger partial charge in [0, 0.05) is 13.1 Å². The molecule has 0 unspecified atom stereocenters. The van der Waals surface area contributed by atoms with Crippen LogP contribution in [0.25, 0.3) is 0 Å². The molecule has 1 aromatic carbocycles. The lowest BCUT2D eigenvalue weighted by molar-refractivity contribution is 0.332. The number of anilines is 1. The highest BCUT2D eigenvalue weighted by molar-refractivity contribution is 7.92. The highest BCUT2D eigenvalue weighted by Crippen LogP contribution is 2.32. The van der Waals surface area contributed by atoms with Gasteiger partial charge in [-0.1, -0.05) is 11.6 Å². The van der Waals surface area contributed by atoms with Crippen LogP contribution in [0.3, 0.4) is 0 Å². The Morgan fingerprint density at radius 1 is 1.26 bits per heavy atom. The number of aryl methyl sites for hydroxylation is 1. The number of aromatic nitrogens is 2. The van der Waals surface area contributed by atoms with Gasteiger partial charge >= 0.3 is 0 Å². The molecule has 23 heavy (non-hydrogen) atoms. The van der Waals surface area contributed by atoms with Crippen LogP contribution < -0.4 is 14.2 Å². The summed E-state index contributed by atoms with van der Waals surface area (Å²) in [5, 5.41) is -0.220. The van der Waals surface area contributed by atoms with Crippen LogP contribution in [-0.2, 0) is 17.1 Å². The molecule has 0 saturated heterocycles. The Kier molecular flexibility index (Phi) is 5.38. The normalized spacial score (nSPS) is 11.3. The van der Waals surface area contributed by atoms with E-state index in [4.69, 9.17) is 21.1 Å². The third-order valence-corrected chi connectivity index (χ3v) is 4.75. The molecule has 0 atom stereocenters. The Labute approximate surface area is 140 Å². The average molecular weight is 360 g/mol. The van der Waals surface area contributed by atoms with Crippen LogP contribution in [0.15, 0.2) is 29.6 Å². The lowest BCUT2D eigenvalue weighted by atomic mass is 10.3. The smallest absolute Gasteiger partial charge is 0.282 e. The quantitative estimate of drug-likeness (QED) is 0.821. The molecular weight excluding hydrogens is 342 g/mol. The molecule has 0 aliphatic heterocycles. The van der Waals surface area contributed by atoms with Gasteiger partial charge in [0.1, 0.15) is 16.7 Å². The van der Waals surface area contributed by atoms with Crippen molar-refractivity contribution >= 4 is 27.3 Å². The summed E-state index contributed by atoms with van der Waals surface area (Å²) in [7, 11) is -2.34. The fourth-order valence-electron chi connectivity index (χ4n) is 1.89. The zero-order chi connectivity index (χ0) is 17.0. The van der Waals surface area contributed by atoms with Crippen LogP contribution in [0.4, 0.5) is 5.69 Å². The third kappa shape index (κ3) is 3.89. The molecule has 0 amide bonds. The maximum Gasteiger partial charge on any atom is 0.282 e. The van der Waals surface area contributed by atoms with E-state index in [0.717, 1.165) is 0 Å². The number of nitrogens with zero attached hydrogens (tertiary/aromatic N) is 2. The van der Waals surface area contributed by atoms with Crippen LogP contribution in [0, 0.1) is 0 Å². The zero-order valence-electron chi connectivity index (χ0n) is 13.0. The van der Waals surface area contributed by atoms with E-state index in [1.807, 2.05) is 13.8 Å². The largest absolute Gasteiger partial charge is 0.494 e. The number of hydrogen-bond acceptors (Lipinski definition) is 5. The van der Waals surface area contributed by atoms with Crippen LogP contribution in [0.2, 0.25) is 5.15 Å². The second-order valence-corrected chi connectivity index (χ2v) is 6.54. The summed E-state index contributed by atoms with van der Waals surface area (Å²) in [6, 6.07) is 4.91. The van der Waals surface area contributed by atoms with E-state index in [1.165, 1.54) is 10.9 Å². The molecule has 0 saturated carbocycles. The van der Waals surface area contributed by atoms with Crippen molar-refractivity contribution in [2.45, 2.75) is 18.9 Å². The second kappa shape index (κ2) is 7.10. The molecule has 0 radical (unpaired) electrons. The second-order valence-electron chi connectivity index (χ2n) is 4.58. The Morgan fingerprint density at radius 3 is 2.52 bits per heavy atom. The van der Waals surface area contributed by atoms with Crippen molar-refractivity contribution in [3.63, 3.8) is 0 Å². The van der Waals surface area contributed by atoms with E-state index >= 15 is 0 Å². The van der Waals surface area contributed by atoms with Crippen molar-refractivity contribution < 1.29 is 17.9 Å². The van der Waals surface area contributed by atoms with Crippen LogP contribution in [0.1, 0.15) is 13.8 Å². The topological polar surface area (TPSA) is 82.4 Å². The Bertz CT molecular complexity index is 789. The first-order valence-corrected chi connectivity index (χ1v) is 8.84. The number of sulfonamides is 1. The van der Waals surface area contributed by atoms with Gasteiger partial charge in [-0.2, -0.15) is 8.42 Å². The van der Waals surface area contributed by atoms with Crippen molar-refractivity contribution in [3.8, 4) is 11.5 Å². The van der Waals surface area contributed by atoms with Crippen LogP contribution >= 0.6 is 11.6 Å². The highest BCUT2D eigenvalue weighted by Gasteiger charge is 2.24. The fourth-order valence-corrected chi connectivity index (χ4v) is 3.39. The van der Waals surface area contributed by atoms with Gasteiger partial charge in [0.15, 0.2) is 0 Å². The summed E-state index contributed by atoms with van der Waals surface area (Å²) >= 11 is 5.97. The Balaban J connectivity index is 2.40. The molecule has 1 N–H and O–H groups in total. The molecule has 0 bridgehead atoms. The maximum absolute atomic E-state index is 12.5. The first kappa shape index (κ1) is 17.4. The molecular formula is C14H18ClN3O4S. The molecule has 1 heterocycles. The predicted molar refractivity (Wildman–Crippen MR) is 87.8 cm³/mol. The predicted octanol–water partition coefficient (Wildman–Crippen LogP) is 2.67. The number of halogens is 1. The van der Waals surface area contributed by atoms with Gasteiger partial charge in [-0.05, 0) is 26.0 Å². The van der Waals surface area contributed by atoms with Gasteiger partial charge in [0.2, 0.25) is 5.03 Å². The molecule has 0 spiro atoms. The lowest BCUT2D eigenvalue weighted by Gasteiger charge is -2.14. The summed E-state index contributed by atoms with van der Waals surface area (Å²) in [5.41, 5.74) is 0.263. The summed E-state index contributed by atoms with van der Waals surface area (Å²) in [5.74, 6) is 0.923. The minimum Gasteiger partial charge on any atom is -0.494 e. The van der Waals surface area contributed by atoms with Crippen molar-refractivity contribution in [3.05, 3.63) is 29.7 Å². The van der Waals surface area contributed by atoms with Gasteiger partial charge in [0.25, 0.3) is 10.0 Å². The zero-order valence-corrected chi connectivity index (χ0v) is 14.6. The Hall–Kier alpha value is -1.93. The summed E-state index contributed by atoms with van der Waals surface area (Å²) in [6.07, 6.45) is 1.33. The van der Waals surface area contributed by atoms with E-state index in [-0.39, 0.29) is 15.9 Å². The highest BCUT2D eigenvalue weighted by atomic mass is 35.5. The number of nitrogens with one attached hydrogen (secondary N) is 1. The SMILES string of the molecule is CCOc1ccc(OCC)c(NS(=O)(=O)c2ncn(C)c2Cl)c1. The number of hydrogen-bond donors (Lipinski definition) is 1. The first-order chi connectivity index (χ1) is 10.9. The summed E-state index contributed by atoms with van der Waals surface area (Å²) in [6.45, 7) is 4.51. The number of imidazole rings is 1. The standard InChI is InChI=1S/C14H18ClN3O4S/c1-4-21-10-6-7-12(22-5-2)11(8-10)17-23(19,20)14-13(15)18(3)9-16-14/h6-9,17H,4-5H2,1-3H3. The van der Waals surface area contributed by atoms with Crippen molar-refractivity contribution in [2.75, 3.05) is 17.9 Å². The number of ether oxygens (including phenoxy) is 2. The van der Waals surface area contributed by atoms with E-state index in [0.29, 0.717) is 24.7 Å². The number of benzene rings is 1. The molecule has 0 aliphatic carbocycles. The van der Waals surface area contributed by atoms with Crippen LogP contribution in [0.5, 0.6) is 11.5 Å². The number of rotatable bonds is 7. The van der Waals surface area contributed by atoms with E-state index < -0.39 is 10.0 Å². The maximum atomic E-state index is 12.5. The van der Waals surface area contributed by atoms with E-state index in [9.17, 15) is 8.42 Å². The molecule has 126 valence electrons. The fraction of sp³-hybridized carbons (Fsp3) is 0.357.